The second kappa shape index (κ2) is 7.63. The van der Waals surface area contributed by atoms with Crippen LogP contribution in [-0.4, -0.2) is 18.6 Å². The molecule has 1 aromatic heterocycles. The van der Waals surface area contributed by atoms with Crippen molar-refractivity contribution in [2.45, 2.75) is 52.0 Å². The quantitative estimate of drug-likeness (QED) is 0.854. The van der Waals surface area contributed by atoms with Crippen LogP contribution in [0.4, 0.5) is 0 Å². The van der Waals surface area contributed by atoms with E-state index in [1.807, 2.05) is 6.07 Å². The Morgan fingerprint density at radius 2 is 2.25 bits per heavy atom. The van der Waals surface area contributed by atoms with E-state index in [9.17, 15) is 0 Å². The largest absolute Gasteiger partial charge is 0.481 e. The van der Waals surface area contributed by atoms with Gasteiger partial charge in [0.25, 0.3) is 0 Å². The maximum absolute atomic E-state index is 5.47. The molecule has 0 radical (unpaired) electrons. The predicted octanol–water partition coefficient (Wildman–Crippen LogP) is 3.96. The second-order valence-electron chi connectivity index (χ2n) is 5.84. The molecule has 1 fully saturated rings. The van der Waals surface area contributed by atoms with Gasteiger partial charge in [0.15, 0.2) is 0 Å². The van der Waals surface area contributed by atoms with E-state index in [0.717, 1.165) is 18.3 Å². The highest BCUT2D eigenvalue weighted by Crippen LogP contribution is 2.40. The predicted molar refractivity (Wildman–Crippen MR) is 82.9 cm³/mol. The third kappa shape index (κ3) is 3.51. The zero-order valence-corrected chi connectivity index (χ0v) is 13.1. The van der Waals surface area contributed by atoms with Crippen molar-refractivity contribution in [3.8, 4) is 5.88 Å². The van der Waals surface area contributed by atoms with Gasteiger partial charge in [0.05, 0.1) is 7.11 Å². The van der Waals surface area contributed by atoms with Gasteiger partial charge in [0.1, 0.15) is 0 Å². The first-order chi connectivity index (χ1) is 9.80. The molecule has 0 saturated heterocycles. The van der Waals surface area contributed by atoms with Crippen LogP contribution >= 0.6 is 0 Å². The Bertz CT molecular complexity index is 408. The number of hydrogen-bond acceptors (Lipinski definition) is 3. The Morgan fingerprint density at radius 1 is 1.40 bits per heavy atom. The molecule has 20 heavy (non-hydrogen) atoms. The summed E-state index contributed by atoms with van der Waals surface area (Å²) in [6.07, 6.45) is 8.50. The van der Waals surface area contributed by atoms with E-state index >= 15 is 0 Å². The maximum atomic E-state index is 5.47. The molecule has 3 nitrogen and oxygen atoms in total. The monoisotopic (exact) mass is 276 g/mol. The molecule has 1 heterocycles. The molecule has 0 bridgehead atoms. The third-order valence-electron chi connectivity index (χ3n) is 4.63. The second-order valence-corrected chi connectivity index (χ2v) is 5.84. The fourth-order valence-corrected chi connectivity index (χ4v) is 3.57. The summed E-state index contributed by atoms with van der Waals surface area (Å²) < 4.78 is 5.47. The number of nitrogens with zero attached hydrogens (tertiary/aromatic N) is 1. The van der Waals surface area contributed by atoms with Crippen LogP contribution < -0.4 is 10.1 Å². The summed E-state index contributed by atoms with van der Waals surface area (Å²) in [6.45, 7) is 5.48. The van der Waals surface area contributed by atoms with Gasteiger partial charge >= 0.3 is 0 Å². The lowest BCUT2D eigenvalue weighted by Crippen LogP contribution is -2.32. The molecule has 2 rings (SSSR count). The highest BCUT2D eigenvalue weighted by molar-refractivity contribution is 5.29. The number of ether oxygens (including phenoxy) is 1. The minimum atomic E-state index is 0.373. The molecular formula is C17H28N2O. The lowest BCUT2D eigenvalue weighted by molar-refractivity contribution is 0.207. The SMILES string of the molecule is CCNC(c1cccnc1OC)C1CCCC(CC)C1. The molecule has 3 heteroatoms. The van der Waals surface area contributed by atoms with Crippen LogP contribution in [0, 0.1) is 11.8 Å². The van der Waals surface area contributed by atoms with Crippen LogP contribution in [0.5, 0.6) is 5.88 Å². The van der Waals surface area contributed by atoms with Crippen LogP contribution in [-0.2, 0) is 0 Å². The summed E-state index contributed by atoms with van der Waals surface area (Å²) in [4.78, 5) is 4.37. The Morgan fingerprint density at radius 3 is 2.95 bits per heavy atom. The molecule has 0 amide bonds. The molecule has 1 aliphatic rings. The van der Waals surface area contributed by atoms with Crippen molar-refractivity contribution >= 4 is 0 Å². The van der Waals surface area contributed by atoms with Crippen LogP contribution in [0.2, 0.25) is 0 Å². The molecule has 1 aliphatic carbocycles. The van der Waals surface area contributed by atoms with E-state index in [4.69, 9.17) is 4.74 Å². The van der Waals surface area contributed by atoms with E-state index in [-0.39, 0.29) is 0 Å². The molecule has 112 valence electrons. The summed E-state index contributed by atoms with van der Waals surface area (Å²) in [5.41, 5.74) is 1.22. The summed E-state index contributed by atoms with van der Waals surface area (Å²) in [5, 5.41) is 3.67. The number of aromatic nitrogens is 1. The zero-order valence-electron chi connectivity index (χ0n) is 13.1. The molecule has 0 aromatic carbocycles. The number of pyridine rings is 1. The number of methoxy groups -OCH3 is 1. The standard InChI is InChI=1S/C17H28N2O/c1-4-13-8-6-9-14(12-13)16(18-5-2)15-10-7-11-19-17(15)20-3/h7,10-11,13-14,16,18H,4-6,8-9,12H2,1-3H3. The number of rotatable bonds is 6. The van der Waals surface area contributed by atoms with E-state index in [1.54, 1.807) is 13.3 Å². The van der Waals surface area contributed by atoms with Gasteiger partial charge in [-0.2, -0.15) is 0 Å². The van der Waals surface area contributed by atoms with Gasteiger partial charge in [-0.15, -0.1) is 0 Å². The number of nitrogens with one attached hydrogen (secondary N) is 1. The van der Waals surface area contributed by atoms with Crippen molar-refractivity contribution in [2.75, 3.05) is 13.7 Å². The van der Waals surface area contributed by atoms with Gasteiger partial charge < -0.3 is 10.1 Å². The van der Waals surface area contributed by atoms with Crippen LogP contribution in [0.25, 0.3) is 0 Å². The topological polar surface area (TPSA) is 34.2 Å². The Kier molecular flexibility index (Phi) is 5.84. The van der Waals surface area contributed by atoms with Crippen LogP contribution in [0.3, 0.4) is 0 Å². The molecule has 0 aliphatic heterocycles. The highest BCUT2D eigenvalue weighted by Gasteiger charge is 2.30. The van der Waals surface area contributed by atoms with Gasteiger partial charge in [-0.05, 0) is 37.3 Å². The van der Waals surface area contributed by atoms with E-state index < -0.39 is 0 Å². The zero-order chi connectivity index (χ0) is 14.4. The first-order valence-electron chi connectivity index (χ1n) is 8.02. The third-order valence-corrected chi connectivity index (χ3v) is 4.63. The Balaban J connectivity index is 2.21. The van der Waals surface area contributed by atoms with Gasteiger partial charge in [-0.1, -0.05) is 39.2 Å². The van der Waals surface area contributed by atoms with E-state index in [0.29, 0.717) is 12.0 Å². The smallest absolute Gasteiger partial charge is 0.217 e. The molecular weight excluding hydrogens is 248 g/mol. The molecule has 3 unspecified atom stereocenters. The van der Waals surface area contributed by atoms with Crippen molar-refractivity contribution in [2.24, 2.45) is 11.8 Å². The minimum absolute atomic E-state index is 0.373. The summed E-state index contributed by atoms with van der Waals surface area (Å²) in [5.74, 6) is 2.36. The summed E-state index contributed by atoms with van der Waals surface area (Å²) in [7, 11) is 1.71. The first-order valence-corrected chi connectivity index (χ1v) is 8.02. The average molecular weight is 276 g/mol. The van der Waals surface area contributed by atoms with Crippen molar-refractivity contribution in [1.82, 2.24) is 10.3 Å². The minimum Gasteiger partial charge on any atom is -0.481 e. The van der Waals surface area contributed by atoms with Gasteiger partial charge in [0.2, 0.25) is 5.88 Å². The van der Waals surface area contributed by atoms with Crippen molar-refractivity contribution in [3.05, 3.63) is 23.9 Å². The van der Waals surface area contributed by atoms with Crippen molar-refractivity contribution in [1.29, 1.82) is 0 Å². The van der Waals surface area contributed by atoms with E-state index in [2.05, 4.69) is 30.2 Å². The van der Waals surface area contributed by atoms with Gasteiger partial charge in [0, 0.05) is 17.8 Å². The normalized spacial score (nSPS) is 24.4. The molecule has 1 N–H and O–H groups in total. The Labute approximate surface area is 123 Å². The van der Waals surface area contributed by atoms with Gasteiger partial charge in [-0.3, -0.25) is 0 Å². The lowest BCUT2D eigenvalue weighted by atomic mass is 9.75. The van der Waals surface area contributed by atoms with Gasteiger partial charge in [-0.25, -0.2) is 4.98 Å². The van der Waals surface area contributed by atoms with Crippen molar-refractivity contribution < 1.29 is 4.74 Å². The van der Waals surface area contributed by atoms with Crippen LogP contribution in [0.15, 0.2) is 18.3 Å². The fourth-order valence-electron chi connectivity index (χ4n) is 3.57. The molecule has 1 aromatic rings. The van der Waals surface area contributed by atoms with E-state index in [1.165, 1.54) is 37.7 Å². The average Bonchev–Trinajstić information content (AvgIpc) is 2.52. The highest BCUT2D eigenvalue weighted by atomic mass is 16.5. The molecule has 3 atom stereocenters. The summed E-state index contributed by atoms with van der Waals surface area (Å²) in [6, 6.07) is 4.55. The first kappa shape index (κ1) is 15.3. The Hall–Kier alpha value is -1.09. The lowest BCUT2D eigenvalue weighted by Gasteiger charge is -2.35. The maximum Gasteiger partial charge on any atom is 0.217 e. The van der Waals surface area contributed by atoms with Crippen LogP contribution in [0.1, 0.15) is 57.6 Å². The van der Waals surface area contributed by atoms with Crippen molar-refractivity contribution in [3.63, 3.8) is 0 Å². The fraction of sp³-hybridized carbons (Fsp3) is 0.706. The molecule has 0 spiro atoms. The summed E-state index contributed by atoms with van der Waals surface area (Å²) >= 11 is 0. The molecule has 1 saturated carbocycles. The number of hydrogen-bond donors (Lipinski definition) is 1.